The number of hydrogen-bond acceptors (Lipinski definition) is 3. The van der Waals surface area contributed by atoms with E-state index in [2.05, 4.69) is 31.4 Å². The summed E-state index contributed by atoms with van der Waals surface area (Å²) >= 11 is 0. The number of benzene rings is 3. The molecule has 166 valence electrons. The molecule has 0 aliphatic heterocycles. The van der Waals surface area contributed by atoms with E-state index in [4.69, 9.17) is 4.74 Å². The van der Waals surface area contributed by atoms with E-state index in [0.29, 0.717) is 22.7 Å². The van der Waals surface area contributed by atoms with Crippen LogP contribution in [0.3, 0.4) is 0 Å². The highest BCUT2D eigenvalue weighted by atomic mass is 16.5. The second-order valence-electron chi connectivity index (χ2n) is 8.95. The molecule has 2 N–H and O–H groups in total. The third-order valence-electron chi connectivity index (χ3n) is 5.27. The van der Waals surface area contributed by atoms with Crippen molar-refractivity contribution in [3.8, 4) is 5.75 Å². The maximum Gasteiger partial charge on any atom is 0.262 e. The first kappa shape index (κ1) is 23.1. The topological polar surface area (TPSA) is 67.4 Å². The zero-order valence-corrected chi connectivity index (χ0v) is 19.3. The molecule has 0 atom stereocenters. The Morgan fingerprint density at radius 3 is 2.09 bits per heavy atom. The quantitative estimate of drug-likeness (QED) is 0.514. The van der Waals surface area contributed by atoms with Gasteiger partial charge in [0.15, 0.2) is 6.61 Å². The Morgan fingerprint density at radius 1 is 0.812 bits per heavy atom. The Hall–Kier alpha value is -3.60. The maximum absolute atomic E-state index is 12.6. The normalized spacial score (nSPS) is 11.0. The molecule has 0 aromatic heterocycles. The Bertz CT molecular complexity index is 1110. The van der Waals surface area contributed by atoms with Gasteiger partial charge in [-0.25, -0.2) is 0 Å². The zero-order chi connectivity index (χ0) is 23.3. The standard InChI is InChI=1S/C27H30N2O3/c1-18-9-14-24(15-19(18)2)32-17-25(30)28-22-7-6-8-23(16-22)29-26(31)20-10-12-21(13-11-20)27(3,4)5/h6-16H,17H2,1-5H3,(H,28,30)(H,29,31). The van der Waals surface area contributed by atoms with Crippen molar-refractivity contribution < 1.29 is 14.3 Å². The molecule has 3 rings (SSSR count). The lowest BCUT2D eigenvalue weighted by Crippen LogP contribution is -2.20. The number of carbonyl (C=O) groups is 2. The summed E-state index contributed by atoms with van der Waals surface area (Å²) in [5.41, 5.74) is 5.24. The van der Waals surface area contributed by atoms with E-state index in [1.165, 1.54) is 11.1 Å². The summed E-state index contributed by atoms with van der Waals surface area (Å²) in [7, 11) is 0. The molecule has 0 radical (unpaired) electrons. The van der Waals surface area contributed by atoms with Crippen LogP contribution in [-0.4, -0.2) is 18.4 Å². The van der Waals surface area contributed by atoms with Crippen LogP contribution in [0.25, 0.3) is 0 Å². The highest BCUT2D eigenvalue weighted by Crippen LogP contribution is 2.23. The molecule has 0 aliphatic carbocycles. The molecule has 0 bridgehead atoms. The molecule has 3 aromatic rings. The highest BCUT2D eigenvalue weighted by Gasteiger charge is 2.14. The van der Waals surface area contributed by atoms with Gasteiger partial charge in [-0.15, -0.1) is 0 Å². The van der Waals surface area contributed by atoms with Gasteiger partial charge >= 0.3 is 0 Å². The first-order valence-corrected chi connectivity index (χ1v) is 10.6. The molecular formula is C27H30N2O3. The number of nitrogens with one attached hydrogen (secondary N) is 2. The van der Waals surface area contributed by atoms with Crippen LogP contribution in [0.5, 0.6) is 5.75 Å². The number of anilines is 2. The lowest BCUT2D eigenvalue weighted by molar-refractivity contribution is -0.118. The summed E-state index contributed by atoms with van der Waals surface area (Å²) in [4.78, 5) is 24.9. The fourth-order valence-electron chi connectivity index (χ4n) is 3.15. The van der Waals surface area contributed by atoms with Crippen LogP contribution in [0.1, 0.15) is 47.8 Å². The minimum atomic E-state index is -0.274. The van der Waals surface area contributed by atoms with E-state index in [1.54, 1.807) is 24.3 Å². The van der Waals surface area contributed by atoms with Crippen LogP contribution in [-0.2, 0) is 10.2 Å². The van der Waals surface area contributed by atoms with E-state index >= 15 is 0 Å². The minimum absolute atomic E-state index is 0.0313. The molecular weight excluding hydrogens is 400 g/mol. The molecule has 2 amide bonds. The van der Waals surface area contributed by atoms with E-state index < -0.39 is 0 Å². The third kappa shape index (κ3) is 6.20. The largest absolute Gasteiger partial charge is 0.484 e. The second-order valence-corrected chi connectivity index (χ2v) is 8.95. The summed E-state index contributed by atoms with van der Waals surface area (Å²) in [6.07, 6.45) is 0. The van der Waals surface area contributed by atoms with Crippen molar-refractivity contribution in [3.63, 3.8) is 0 Å². The molecule has 0 heterocycles. The van der Waals surface area contributed by atoms with Crippen molar-refractivity contribution in [2.24, 2.45) is 0 Å². The second kappa shape index (κ2) is 9.69. The number of aryl methyl sites for hydroxylation is 2. The highest BCUT2D eigenvalue weighted by molar-refractivity contribution is 6.04. The SMILES string of the molecule is Cc1ccc(OCC(=O)Nc2cccc(NC(=O)c3ccc(C(C)(C)C)cc3)c2)cc1C. The van der Waals surface area contributed by atoms with Crippen LogP contribution < -0.4 is 15.4 Å². The zero-order valence-electron chi connectivity index (χ0n) is 19.3. The summed E-state index contributed by atoms with van der Waals surface area (Å²) < 4.78 is 5.58. The van der Waals surface area contributed by atoms with E-state index in [1.807, 2.05) is 56.3 Å². The molecule has 0 spiro atoms. The summed E-state index contributed by atoms with van der Waals surface area (Å²) in [6, 6.07) is 20.4. The van der Waals surface area contributed by atoms with Gasteiger partial charge in [0.2, 0.25) is 0 Å². The number of ether oxygens (including phenoxy) is 1. The molecule has 0 saturated heterocycles. The van der Waals surface area contributed by atoms with Crippen molar-refractivity contribution in [2.45, 2.75) is 40.0 Å². The van der Waals surface area contributed by atoms with E-state index in [0.717, 1.165) is 5.56 Å². The van der Waals surface area contributed by atoms with Crippen molar-refractivity contribution in [1.29, 1.82) is 0 Å². The van der Waals surface area contributed by atoms with Crippen LogP contribution in [0, 0.1) is 13.8 Å². The Morgan fingerprint density at radius 2 is 1.47 bits per heavy atom. The smallest absolute Gasteiger partial charge is 0.262 e. The van der Waals surface area contributed by atoms with Crippen molar-refractivity contribution in [1.82, 2.24) is 0 Å². The van der Waals surface area contributed by atoms with Gasteiger partial charge in [0.1, 0.15) is 5.75 Å². The number of carbonyl (C=O) groups excluding carboxylic acids is 2. The third-order valence-corrected chi connectivity index (χ3v) is 5.27. The molecule has 0 fully saturated rings. The van der Waals surface area contributed by atoms with Crippen molar-refractivity contribution in [2.75, 3.05) is 17.2 Å². The van der Waals surface area contributed by atoms with Crippen LogP contribution in [0.15, 0.2) is 66.7 Å². The molecule has 32 heavy (non-hydrogen) atoms. The number of amides is 2. The van der Waals surface area contributed by atoms with Gasteiger partial charge in [-0.2, -0.15) is 0 Å². The Labute approximate surface area is 189 Å². The van der Waals surface area contributed by atoms with Crippen LogP contribution >= 0.6 is 0 Å². The Kier molecular flexibility index (Phi) is 6.98. The molecule has 5 nitrogen and oxygen atoms in total. The average molecular weight is 431 g/mol. The predicted molar refractivity (Wildman–Crippen MR) is 130 cm³/mol. The van der Waals surface area contributed by atoms with Gasteiger partial charge in [0, 0.05) is 16.9 Å². The molecule has 3 aromatic carbocycles. The predicted octanol–water partition coefficient (Wildman–Crippen LogP) is 5.87. The maximum atomic E-state index is 12.6. The number of rotatable bonds is 6. The van der Waals surface area contributed by atoms with Gasteiger partial charge in [-0.1, -0.05) is 45.0 Å². The minimum Gasteiger partial charge on any atom is -0.484 e. The molecule has 0 aliphatic rings. The molecule has 0 unspecified atom stereocenters. The monoisotopic (exact) mass is 430 g/mol. The van der Waals surface area contributed by atoms with Crippen molar-refractivity contribution >= 4 is 23.2 Å². The first-order valence-electron chi connectivity index (χ1n) is 10.6. The summed E-state index contributed by atoms with van der Waals surface area (Å²) in [6.45, 7) is 10.3. The van der Waals surface area contributed by atoms with Crippen LogP contribution in [0.4, 0.5) is 11.4 Å². The van der Waals surface area contributed by atoms with Gasteiger partial charge in [-0.05, 0) is 78.4 Å². The Balaban J connectivity index is 1.58. The van der Waals surface area contributed by atoms with E-state index in [9.17, 15) is 9.59 Å². The van der Waals surface area contributed by atoms with Gasteiger partial charge < -0.3 is 15.4 Å². The average Bonchev–Trinajstić information content (AvgIpc) is 2.74. The van der Waals surface area contributed by atoms with Crippen molar-refractivity contribution in [3.05, 3.63) is 89.0 Å². The lowest BCUT2D eigenvalue weighted by atomic mass is 9.87. The summed E-state index contributed by atoms with van der Waals surface area (Å²) in [5, 5.41) is 5.68. The summed E-state index contributed by atoms with van der Waals surface area (Å²) in [5.74, 6) is 0.179. The van der Waals surface area contributed by atoms with E-state index in [-0.39, 0.29) is 23.8 Å². The lowest BCUT2D eigenvalue weighted by Gasteiger charge is -2.19. The van der Waals surface area contributed by atoms with Crippen LogP contribution in [0.2, 0.25) is 0 Å². The fraction of sp³-hybridized carbons (Fsp3) is 0.259. The molecule has 5 heteroatoms. The van der Waals surface area contributed by atoms with Gasteiger partial charge in [0.25, 0.3) is 11.8 Å². The van der Waals surface area contributed by atoms with Gasteiger partial charge in [-0.3, -0.25) is 9.59 Å². The first-order chi connectivity index (χ1) is 15.1. The number of hydrogen-bond donors (Lipinski definition) is 2. The fourth-order valence-corrected chi connectivity index (χ4v) is 3.15. The molecule has 0 saturated carbocycles. The van der Waals surface area contributed by atoms with Gasteiger partial charge in [0.05, 0.1) is 0 Å².